The van der Waals surface area contributed by atoms with Crippen molar-refractivity contribution in [3.8, 4) is 11.3 Å². The van der Waals surface area contributed by atoms with Gasteiger partial charge in [-0.1, -0.05) is 48.5 Å². The summed E-state index contributed by atoms with van der Waals surface area (Å²) in [7, 11) is 1.78. The lowest BCUT2D eigenvalue weighted by molar-refractivity contribution is -0.119. The third kappa shape index (κ3) is 4.09. The number of hydrogen-bond acceptors (Lipinski definition) is 5. The van der Waals surface area contributed by atoms with E-state index in [1.165, 1.54) is 0 Å². The molecule has 0 saturated carbocycles. The molecule has 1 amide bonds. The topological polar surface area (TPSA) is 86.1 Å². The highest BCUT2D eigenvalue weighted by Gasteiger charge is 2.21. The maximum Gasteiger partial charge on any atom is 0.339 e. The summed E-state index contributed by atoms with van der Waals surface area (Å²) in [4.78, 5) is 30.2. The van der Waals surface area contributed by atoms with E-state index < -0.39 is 18.5 Å². The SMILES string of the molecule is Cc1cccc(C)c1NC(=O)COC(=O)c1cc(-c2ccccc2)nc2c1c(C)nn2C. The molecule has 0 fully saturated rings. The first-order valence-corrected chi connectivity index (χ1v) is 10.3. The Balaban J connectivity index is 1.61. The predicted octanol–water partition coefficient (Wildman–Crippen LogP) is 4.36. The van der Waals surface area contributed by atoms with E-state index in [4.69, 9.17) is 9.72 Å². The van der Waals surface area contributed by atoms with E-state index in [9.17, 15) is 9.59 Å². The molecule has 0 radical (unpaired) electrons. The quantitative estimate of drug-likeness (QED) is 0.478. The molecular weight excluding hydrogens is 404 g/mol. The molecule has 162 valence electrons. The van der Waals surface area contributed by atoms with E-state index in [0.717, 1.165) is 22.4 Å². The van der Waals surface area contributed by atoms with Gasteiger partial charge in [-0.2, -0.15) is 5.10 Å². The van der Waals surface area contributed by atoms with Crippen LogP contribution in [0.2, 0.25) is 0 Å². The van der Waals surface area contributed by atoms with Crippen LogP contribution < -0.4 is 5.32 Å². The van der Waals surface area contributed by atoms with Crippen molar-refractivity contribution in [3.05, 3.63) is 77.0 Å². The number of nitrogens with zero attached hydrogens (tertiary/aromatic N) is 3. The smallest absolute Gasteiger partial charge is 0.339 e. The van der Waals surface area contributed by atoms with Crippen molar-refractivity contribution < 1.29 is 14.3 Å². The van der Waals surface area contributed by atoms with Gasteiger partial charge in [0.05, 0.1) is 22.3 Å². The third-order valence-corrected chi connectivity index (χ3v) is 5.34. The van der Waals surface area contributed by atoms with E-state index in [2.05, 4.69) is 10.4 Å². The Bertz CT molecular complexity index is 1310. The fraction of sp³-hybridized carbons (Fsp3) is 0.200. The van der Waals surface area contributed by atoms with Gasteiger partial charge in [-0.05, 0) is 38.0 Å². The molecule has 32 heavy (non-hydrogen) atoms. The van der Waals surface area contributed by atoms with Crippen molar-refractivity contribution in [2.24, 2.45) is 7.05 Å². The highest BCUT2D eigenvalue weighted by Crippen LogP contribution is 2.27. The van der Waals surface area contributed by atoms with Gasteiger partial charge in [0.1, 0.15) is 0 Å². The number of anilines is 1. The minimum absolute atomic E-state index is 0.333. The first kappa shape index (κ1) is 21.2. The van der Waals surface area contributed by atoms with Crippen molar-refractivity contribution in [1.82, 2.24) is 14.8 Å². The predicted molar refractivity (Wildman–Crippen MR) is 124 cm³/mol. The molecule has 0 saturated heterocycles. The second-order valence-electron chi connectivity index (χ2n) is 7.72. The molecule has 2 aromatic heterocycles. The number of hydrogen-bond donors (Lipinski definition) is 1. The maximum atomic E-state index is 13.0. The number of fused-ring (bicyclic) bond motifs is 1. The Hall–Kier alpha value is -4.00. The van der Waals surface area contributed by atoms with Crippen LogP contribution in [0.3, 0.4) is 0 Å². The zero-order valence-corrected chi connectivity index (χ0v) is 18.5. The van der Waals surface area contributed by atoms with Gasteiger partial charge in [0.25, 0.3) is 5.91 Å². The summed E-state index contributed by atoms with van der Waals surface area (Å²) in [6, 6.07) is 17.0. The molecule has 4 aromatic rings. The normalized spacial score (nSPS) is 10.9. The van der Waals surface area contributed by atoms with E-state index in [1.807, 2.05) is 69.3 Å². The summed E-state index contributed by atoms with van der Waals surface area (Å²) in [5, 5.41) is 7.85. The van der Waals surface area contributed by atoms with Gasteiger partial charge < -0.3 is 10.1 Å². The number of aryl methyl sites for hydroxylation is 4. The van der Waals surface area contributed by atoms with Gasteiger partial charge in [-0.25, -0.2) is 9.78 Å². The highest BCUT2D eigenvalue weighted by molar-refractivity contribution is 6.06. The van der Waals surface area contributed by atoms with Gasteiger partial charge in [0.2, 0.25) is 0 Å². The first-order chi connectivity index (χ1) is 15.3. The number of benzene rings is 2. The fourth-order valence-electron chi connectivity index (χ4n) is 3.76. The van der Waals surface area contributed by atoms with E-state index in [0.29, 0.717) is 28.0 Å². The number of pyridine rings is 1. The molecule has 0 aliphatic heterocycles. The van der Waals surface area contributed by atoms with Gasteiger partial charge in [-0.3, -0.25) is 9.48 Å². The monoisotopic (exact) mass is 428 g/mol. The minimum atomic E-state index is -0.595. The van der Waals surface area contributed by atoms with Gasteiger partial charge in [0, 0.05) is 18.3 Å². The number of ether oxygens (including phenoxy) is 1. The molecule has 2 aromatic carbocycles. The van der Waals surface area contributed by atoms with Crippen LogP contribution in [0.4, 0.5) is 5.69 Å². The molecule has 0 aliphatic rings. The van der Waals surface area contributed by atoms with Crippen molar-refractivity contribution in [1.29, 1.82) is 0 Å². The number of para-hydroxylation sites is 1. The Morgan fingerprint density at radius 1 is 1.00 bits per heavy atom. The number of carbonyl (C=O) groups excluding carboxylic acids is 2. The van der Waals surface area contributed by atoms with Crippen LogP contribution in [-0.2, 0) is 16.6 Å². The zero-order chi connectivity index (χ0) is 22.8. The molecule has 0 atom stereocenters. The molecular formula is C25H24N4O3. The summed E-state index contributed by atoms with van der Waals surface area (Å²) in [6.45, 7) is 5.25. The molecule has 0 unspecified atom stereocenters. The average molecular weight is 428 g/mol. The number of aromatic nitrogens is 3. The Labute approximate surface area is 186 Å². The Kier molecular flexibility index (Phi) is 5.73. The largest absolute Gasteiger partial charge is 0.452 e. The summed E-state index contributed by atoms with van der Waals surface area (Å²) >= 11 is 0. The standard InChI is InChI=1S/C25H24N4O3/c1-15-9-8-10-16(2)23(15)27-21(30)14-32-25(31)19-13-20(18-11-6-5-7-12-18)26-24-22(19)17(3)28-29(24)4/h5-13H,14H2,1-4H3,(H,27,30). The Morgan fingerprint density at radius 2 is 1.69 bits per heavy atom. The average Bonchev–Trinajstić information content (AvgIpc) is 3.08. The lowest BCUT2D eigenvalue weighted by Crippen LogP contribution is -2.22. The molecule has 7 nitrogen and oxygen atoms in total. The van der Waals surface area contributed by atoms with Crippen LogP contribution in [-0.4, -0.2) is 33.2 Å². The van der Waals surface area contributed by atoms with Gasteiger partial charge in [-0.15, -0.1) is 0 Å². The van der Waals surface area contributed by atoms with Crippen molar-refractivity contribution in [2.75, 3.05) is 11.9 Å². The summed E-state index contributed by atoms with van der Waals surface area (Å²) < 4.78 is 7.03. The van der Waals surface area contributed by atoms with Crippen LogP contribution in [0.5, 0.6) is 0 Å². The molecule has 1 N–H and O–H groups in total. The van der Waals surface area contributed by atoms with E-state index in [1.54, 1.807) is 17.8 Å². The van der Waals surface area contributed by atoms with Crippen molar-refractivity contribution in [3.63, 3.8) is 0 Å². The highest BCUT2D eigenvalue weighted by atomic mass is 16.5. The maximum absolute atomic E-state index is 13.0. The molecule has 0 spiro atoms. The number of esters is 1. The summed E-state index contributed by atoms with van der Waals surface area (Å²) in [5.74, 6) is -0.991. The van der Waals surface area contributed by atoms with Crippen LogP contribution in [0.25, 0.3) is 22.3 Å². The number of carbonyl (C=O) groups is 2. The first-order valence-electron chi connectivity index (χ1n) is 10.3. The second-order valence-corrected chi connectivity index (χ2v) is 7.72. The van der Waals surface area contributed by atoms with Crippen LogP contribution in [0.1, 0.15) is 27.2 Å². The summed E-state index contributed by atoms with van der Waals surface area (Å²) in [5.41, 5.74) is 5.70. The Morgan fingerprint density at radius 3 is 2.38 bits per heavy atom. The van der Waals surface area contributed by atoms with E-state index in [-0.39, 0.29) is 0 Å². The van der Waals surface area contributed by atoms with Crippen LogP contribution >= 0.6 is 0 Å². The lowest BCUT2D eigenvalue weighted by atomic mass is 10.1. The van der Waals surface area contributed by atoms with Gasteiger partial charge >= 0.3 is 5.97 Å². The molecule has 2 heterocycles. The van der Waals surface area contributed by atoms with Crippen molar-refractivity contribution in [2.45, 2.75) is 20.8 Å². The number of amides is 1. The van der Waals surface area contributed by atoms with E-state index >= 15 is 0 Å². The van der Waals surface area contributed by atoms with Gasteiger partial charge in [0.15, 0.2) is 12.3 Å². The van der Waals surface area contributed by atoms with Crippen molar-refractivity contribution >= 4 is 28.6 Å². The van der Waals surface area contributed by atoms with Crippen LogP contribution in [0, 0.1) is 20.8 Å². The third-order valence-electron chi connectivity index (χ3n) is 5.34. The molecule has 4 rings (SSSR count). The molecule has 7 heteroatoms. The molecule has 0 aliphatic carbocycles. The lowest BCUT2D eigenvalue weighted by Gasteiger charge is -2.12. The number of rotatable bonds is 5. The fourth-order valence-corrected chi connectivity index (χ4v) is 3.76. The minimum Gasteiger partial charge on any atom is -0.452 e. The summed E-state index contributed by atoms with van der Waals surface area (Å²) in [6.07, 6.45) is 0. The van der Waals surface area contributed by atoms with Crippen LogP contribution in [0.15, 0.2) is 54.6 Å². The second kappa shape index (κ2) is 8.63. The molecule has 0 bridgehead atoms. The number of nitrogens with one attached hydrogen (secondary N) is 1. The zero-order valence-electron chi connectivity index (χ0n) is 18.5.